The van der Waals surface area contributed by atoms with Gasteiger partial charge < -0.3 is 20.4 Å². The van der Waals surface area contributed by atoms with Crippen LogP contribution in [0.2, 0.25) is 0 Å². The first-order valence-corrected chi connectivity index (χ1v) is 9.12. The van der Waals surface area contributed by atoms with Crippen molar-refractivity contribution >= 4 is 23.0 Å². The molecule has 26 heavy (non-hydrogen) atoms. The molecule has 1 aliphatic rings. The fourth-order valence-corrected chi connectivity index (χ4v) is 3.03. The standard InChI is InChI=1S/C20H27N5O/c1-24(2)12-9-22-20(26)16-13-18(15-21-14-16)23-17-5-7-19(8-6-17)25-10-3-4-11-25/h5-8,13-15,23H,3-4,9-12H2,1-2H3,(H,22,26). The van der Waals surface area contributed by atoms with Crippen molar-refractivity contribution in [2.45, 2.75) is 12.8 Å². The Morgan fingerprint density at radius 1 is 1.12 bits per heavy atom. The first kappa shape index (κ1) is 18.2. The van der Waals surface area contributed by atoms with Crippen LogP contribution in [0.1, 0.15) is 23.2 Å². The summed E-state index contributed by atoms with van der Waals surface area (Å²) in [5, 5.41) is 6.23. The molecule has 0 saturated carbocycles. The molecular formula is C20H27N5O. The topological polar surface area (TPSA) is 60.5 Å². The van der Waals surface area contributed by atoms with E-state index in [1.807, 2.05) is 25.1 Å². The Balaban J connectivity index is 1.60. The second kappa shape index (κ2) is 8.67. The van der Waals surface area contributed by atoms with E-state index in [0.29, 0.717) is 12.1 Å². The monoisotopic (exact) mass is 353 g/mol. The lowest BCUT2D eigenvalue weighted by molar-refractivity contribution is 0.0950. The van der Waals surface area contributed by atoms with Crippen LogP contribution < -0.4 is 15.5 Å². The molecule has 0 aliphatic carbocycles. The summed E-state index contributed by atoms with van der Waals surface area (Å²) in [6.07, 6.45) is 5.86. The van der Waals surface area contributed by atoms with Crippen molar-refractivity contribution in [1.29, 1.82) is 0 Å². The second-order valence-electron chi connectivity index (χ2n) is 6.89. The molecule has 3 rings (SSSR count). The average Bonchev–Trinajstić information content (AvgIpc) is 3.17. The van der Waals surface area contributed by atoms with Crippen LogP contribution in [0.4, 0.5) is 17.1 Å². The molecule has 0 bridgehead atoms. The second-order valence-corrected chi connectivity index (χ2v) is 6.89. The number of nitrogens with zero attached hydrogens (tertiary/aromatic N) is 3. The van der Waals surface area contributed by atoms with Crippen molar-refractivity contribution in [3.8, 4) is 0 Å². The maximum atomic E-state index is 12.2. The molecule has 6 heteroatoms. The lowest BCUT2D eigenvalue weighted by atomic mass is 10.2. The van der Waals surface area contributed by atoms with E-state index in [0.717, 1.165) is 31.0 Å². The van der Waals surface area contributed by atoms with Gasteiger partial charge in [-0.25, -0.2) is 0 Å². The number of amides is 1. The third-order valence-electron chi connectivity index (χ3n) is 4.47. The molecule has 2 N–H and O–H groups in total. The minimum atomic E-state index is -0.104. The molecule has 1 fully saturated rings. The molecule has 1 aromatic carbocycles. The predicted octanol–water partition coefficient (Wildman–Crippen LogP) is 2.72. The van der Waals surface area contributed by atoms with Crippen LogP contribution in [0.15, 0.2) is 42.7 Å². The highest BCUT2D eigenvalue weighted by molar-refractivity contribution is 5.94. The van der Waals surface area contributed by atoms with Crippen LogP contribution in [0.25, 0.3) is 0 Å². The number of carbonyl (C=O) groups excluding carboxylic acids is 1. The first-order chi connectivity index (χ1) is 12.6. The lowest BCUT2D eigenvalue weighted by Gasteiger charge is -2.18. The summed E-state index contributed by atoms with van der Waals surface area (Å²) in [7, 11) is 3.96. The molecule has 1 aliphatic heterocycles. The summed E-state index contributed by atoms with van der Waals surface area (Å²) in [5.41, 5.74) is 3.61. The fourth-order valence-electron chi connectivity index (χ4n) is 3.03. The predicted molar refractivity (Wildman–Crippen MR) is 106 cm³/mol. The van der Waals surface area contributed by atoms with Crippen LogP contribution >= 0.6 is 0 Å². The highest BCUT2D eigenvalue weighted by Gasteiger charge is 2.12. The van der Waals surface area contributed by atoms with Gasteiger partial charge in [-0.15, -0.1) is 0 Å². The maximum absolute atomic E-state index is 12.2. The van der Waals surface area contributed by atoms with Gasteiger partial charge in [0.1, 0.15) is 0 Å². The van der Waals surface area contributed by atoms with Gasteiger partial charge in [0.05, 0.1) is 17.4 Å². The van der Waals surface area contributed by atoms with Crippen LogP contribution in [-0.4, -0.2) is 56.1 Å². The fraction of sp³-hybridized carbons (Fsp3) is 0.400. The van der Waals surface area contributed by atoms with Gasteiger partial charge >= 0.3 is 0 Å². The van der Waals surface area contributed by atoms with Crippen molar-refractivity contribution < 1.29 is 4.79 Å². The summed E-state index contributed by atoms with van der Waals surface area (Å²) in [6.45, 7) is 3.70. The molecule has 1 amide bonds. The van der Waals surface area contributed by atoms with Gasteiger partial charge in [0.15, 0.2) is 0 Å². The highest BCUT2D eigenvalue weighted by atomic mass is 16.1. The Morgan fingerprint density at radius 3 is 2.54 bits per heavy atom. The number of likely N-dealkylation sites (N-methyl/N-ethyl adjacent to an activating group) is 1. The maximum Gasteiger partial charge on any atom is 0.252 e. The van der Waals surface area contributed by atoms with E-state index in [4.69, 9.17) is 0 Å². The largest absolute Gasteiger partial charge is 0.372 e. The van der Waals surface area contributed by atoms with E-state index >= 15 is 0 Å². The molecular weight excluding hydrogens is 326 g/mol. The number of hydrogen-bond donors (Lipinski definition) is 2. The number of hydrogen-bond acceptors (Lipinski definition) is 5. The Kier molecular flexibility index (Phi) is 6.07. The number of nitrogens with one attached hydrogen (secondary N) is 2. The van der Waals surface area contributed by atoms with Crippen molar-refractivity contribution in [2.75, 3.05) is 50.5 Å². The molecule has 2 aromatic rings. The van der Waals surface area contributed by atoms with E-state index in [1.54, 1.807) is 12.4 Å². The van der Waals surface area contributed by atoms with Gasteiger partial charge in [-0.05, 0) is 57.3 Å². The molecule has 0 spiro atoms. The van der Waals surface area contributed by atoms with Gasteiger partial charge in [0, 0.05) is 43.8 Å². The zero-order valence-electron chi connectivity index (χ0n) is 15.5. The minimum Gasteiger partial charge on any atom is -0.372 e. The van der Waals surface area contributed by atoms with Crippen LogP contribution in [0.3, 0.4) is 0 Å². The Hall–Kier alpha value is -2.60. The summed E-state index contributed by atoms with van der Waals surface area (Å²) in [6, 6.07) is 10.2. The van der Waals surface area contributed by atoms with Gasteiger partial charge in [0.2, 0.25) is 0 Å². The minimum absolute atomic E-state index is 0.104. The highest BCUT2D eigenvalue weighted by Crippen LogP contribution is 2.24. The van der Waals surface area contributed by atoms with Crippen molar-refractivity contribution in [1.82, 2.24) is 15.2 Å². The van der Waals surface area contributed by atoms with E-state index in [2.05, 4.69) is 44.8 Å². The molecule has 0 unspecified atom stereocenters. The van der Waals surface area contributed by atoms with Gasteiger partial charge in [0.25, 0.3) is 5.91 Å². The van der Waals surface area contributed by atoms with E-state index in [-0.39, 0.29) is 5.91 Å². The third-order valence-corrected chi connectivity index (χ3v) is 4.47. The number of pyridine rings is 1. The van der Waals surface area contributed by atoms with Crippen molar-refractivity contribution in [3.05, 3.63) is 48.3 Å². The summed E-state index contributed by atoms with van der Waals surface area (Å²) >= 11 is 0. The molecule has 1 saturated heterocycles. The Labute approximate surface area is 155 Å². The molecule has 0 atom stereocenters. The van der Waals surface area contributed by atoms with Crippen molar-refractivity contribution in [3.63, 3.8) is 0 Å². The number of carbonyl (C=O) groups is 1. The zero-order chi connectivity index (χ0) is 18.4. The molecule has 138 valence electrons. The summed E-state index contributed by atoms with van der Waals surface area (Å²) < 4.78 is 0. The van der Waals surface area contributed by atoms with Crippen LogP contribution in [-0.2, 0) is 0 Å². The van der Waals surface area contributed by atoms with E-state index in [9.17, 15) is 4.79 Å². The normalized spacial score (nSPS) is 13.9. The third kappa shape index (κ3) is 4.95. The van der Waals surface area contributed by atoms with Gasteiger partial charge in [-0.2, -0.15) is 0 Å². The summed E-state index contributed by atoms with van der Waals surface area (Å²) in [5.74, 6) is -0.104. The zero-order valence-corrected chi connectivity index (χ0v) is 15.5. The van der Waals surface area contributed by atoms with E-state index < -0.39 is 0 Å². The molecule has 1 aromatic heterocycles. The van der Waals surface area contributed by atoms with Crippen LogP contribution in [0, 0.1) is 0 Å². The van der Waals surface area contributed by atoms with Crippen molar-refractivity contribution in [2.24, 2.45) is 0 Å². The SMILES string of the molecule is CN(C)CCNC(=O)c1cncc(Nc2ccc(N3CCCC3)cc2)c1. The molecule has 0 radical (unpaired) electrons. The molecule has 6 nitrogen and oxygen atoms in total. The van der Waals surface area contributed by atoms with Gasteiger partial charge in [-0.3, -0.25) is 9.78 Å². The van der Waals surface area contributed by atoms with Gasteiger partial charge in [-0.1, -0.05) is 0 Å². The van der Waals surface area contributed by atoms with Crippen LogP contribution in [0.5, 0.6) is 0 Å². The number of anilines is 3. The average molecular weight is 353 g/mol. The number of aromatic nitrogens is 1. The quantitative estimate of drug-likeness (QED) is 0.801. The lowest BCUT2D eigenvalue weighted by Crippen LogP contribution is -2.31. The summed E-state index contributed by atoms with van der Waals surface area (Å²) in [4.78, 5) is 20.8. The van der Waals surface area contributed by atoms with E-state index in [1.165, 1.54) is 18.5 Å². The Morgan fingerprint density at radius 2 is 1.85 bits per heavy atom. The smallest absolute Gasteiger partial charge is 0.252 e. The Bertz CT molecular complexity index is 723. The number of rotatable bonds is 7. The first-order valence-electron chi connectivity index (χ1n) is 9.12. The number of benzene rings is 1. The molecule has 2 heterocycles.